The van der Waals surface area contributed by atoms with E-state index in [2.05, 4.69) is 19.1 Å². The van der Waals surface area contributed by atoms with Gasteiger partial charge in [-0.3, -0.25) is 9.68 Å². The first-order valence-corrected chi connectivity index (χ1v) is 7.14. The number of amides is 2. The number of carbonyl (C=O) groups excluding carboxylic acids is 2. The first kappa shape index (κ1) is 21.4. The molecule has 2 amide bonds. The Morgan fingerprint density at radius 2 is 1.00 bits per heavy atom. The Balaban J connectivity index is 3.68. The van der Waals surface area contributed by atoms with E-state index in [-0.39, 0.29) is 23.3 Å². The molecule has 0 fully saturated rings. The standard InChI is InChI=1S/C14H16F4N2O6/c1-5-25-19(13(21)23-3)11-7(15)9(17)12(10(18)8(11)16)20(26-6-2)14(22)24-4/h5-6H2,1-4H3. The number of hydroxylamine groups is 2. The van der Waals surface area contributed by atoms with Crippen molar-refractivity contribution in [2.24, 2.45) is 0 Å². The maximum Gasteiger partial charge on any atom is 0.438 e. The third-order valence-electron chi connectivity index (χ3n) is 2.82. The van der Waals surface area contributed by atoms with E-state index >= 15 is 0 Å². The van der Waals surface area contributed by atoms with E-state index in [0.29, 0.717) is 0 Å². The number of hydrogen-bond donors (Lipinski definition) is 0. The molecule has 0 bridgehead atoms. The molecule has 0 atom stereocenters. The van der Waals surface area contributed by atoms with E-state index < -0.39 is 46.8 Å². The number of benzene rings is 1. The Morgan fingerprint density at radius 3 is 1.19 bits per heavy atom. The third kappa shape index (κ3) is 3.96. The molecule has 0 aliphatic heterocycles. The summed E-state index contributed by atoms with van der Waals surface area (Å²) < 4.78 is 66.1. The smallest absolute Gasteiger partial charge is 0.438 e. The molecule has 0 unspecified atom stereocenters. The molecule has 0 radical (unpaired) electrons. The highest BCUT2D eigenvalue weighted by Crippen LogP contribution is 2.36. The topological polar surface area (TPSA) is 77.5 Å². The lowest BCUT2D eigenvalue weighted by molar-refractivity contribution is 0.0865. The van der Waals surface area contributed by atoms with Gasteiger partial charge in [0.05, 0.1) is 27.4 Å². The summed E-state index contributed by atoms with van der Waals surface area (Å²) in [5.74, 6) is -8.09. The zero-order chi connectivity index (χ0) is 20.0. The summed E-state index contributed by atoms with van der Waals surface area (Å²) in [6, 6.07) is 0. The van der Waals surface area contributed by atoms with Crippen molar-refractivity contribution in [3.8, 4) is 0 Å². The number of hydrogen-bond acceptors (Lipinski definition) is 6. The second kappa shape index (κ2) is 9.20. The first-order valence-electron chi connectivity index (χ1n) is 7.14. The van der Waals surface area contributed by atoms with Gasteiger partial charge in [0.1, 0.15) is 0 Å². The van der Waals surface area contributed by atoms with Gasteiger partial charge in [0.25, 0.3) is 0 Å². The van der Waals surface area contributed by atoms with E-state index in [1.165, 1.54) is 13.8 Å². The molecule has 1 aromatic carbocycles. The van der Waals surface area contributed by atoms with Crippen LogP contribution in [0.1, 0.15) is 13.8 Å². The molecule has 0 aromatic heterocycles. The maximum atomic E-state index is 14.4. The Bertz CT molecular complexity index is 602. The van der Waals surface area contributed by atoms with Crippen molar-refractivity contribution < 1.29 is 46.3 Å². The van der Waals surface area contributed by atoms with Crippen LogP contribution in [0.25, 0.3) is 0 Å². The van der Waals surface area contributed by atoms with Gasteiger partial charge < -0.3 is 9.47 Å². The number of anilines is 2. The number of halogens is 4. The molecule has 1 rings (SSSR count). The Labute approximate surface area is 145 Å². The fourth-order valence-electron chi connectivity index (χ4n) is 1.81. The molecule has 0 N–H and O–H groups in total. The van der Waals surface area contributed by atoms with E-state index in [1.807, 2.05) is 0 Å². The summed E-state index contributed by atoms with van der Waals surface area (Å²) in [5.41, 5.74) is -3.00. The predicted octanol–water partition coefficient (Wildman–Crippen LogP) is 3.29. The molecule has 0 heterocycles. The van der Waals surface area contributed by atoms with Gasteiger partial charge in [0.15, 0.2) is 34.6 Å². The van der Waals surface area contributed by atoms with Crippen LogP contribution in [0, 0.1) is 23.3 Å². The van der Waals surface area contributed by atoms with Crippen LogP contribution >= 0.6 is 0 Å². The van der Waals surface area contributed by atoms with Crippen LogP contribution in [0.15, 0.2) is 0 Å². The molecule has 0 aliphatic carbocycles. The highest BCUT2D eigenvalue weighted by molar-refractivity contribution is 5.89. The molecular formula is C14H16F4N2O6. The van der Waals surface area contributed by atoms with Crippen LogP contribution in [-0.4, -0.2) is 39.6 Å². The van der Waals surface area contributed by atoms with Crippen molar-refractivity contribution in [1.29, 1.82) is 0 Å². The van der Waals surface area contributed by atoms with Gasteiger partial charge in [-0.1, -0.05) is 0 Å². The van der Waals surface area contributed by atoms with Crippen molar-refractivity contribution >= 4 is 23.6 Å². The fraction of sp³-hybridized carbons (Fsp3) is 0.429. The van der Waals surface area contributed by atoms with Crippen LogP contribution < -0.4 is 10.1 Å². The highest BCUT2D eigenvalue weighted by Gasteiger charge is 2.37. The average Bonchev–Trinajstić information content (AvgIpc) is 2.63. The zero-order valence-electron chi connectivity index (χ0n) is 14.3. The summed E-state index contributed by atoms with van der Waals surface area (Å²) in [5, 5.41) is -0.187. The molecule has 12 heteroatoms. The first-order chi connectivity index (χ1) is 12.3. The summed E-state index contributed by atoms with van der Waals surface area (Å²) in [6.45, 7) is 2.13. The minimum absolute atomic E-state index is 0.0935. The van der Waals surface area contributed by atoms with E-state index in [0.717, 1.165) is 14.2 Å². The molecule has 1 aromatic rings. The van der Waals surface area contributed by atoms with E-state index in [4.69, 9.17) is 0 Å². The lowest BCUT2D eigenvalue weighted by atomic mass is 10.2. The van der Waals surface area contributed by atoms with E-state index in [1.54, 1.807) is 0 Å². The van der Waals surface area contributed by atoms with Crippen LogP contribution in [0.5, 0.6) is 0 Å². The lowest BCUT2D eigenvalue weighted by Crippen LogP contribution is -2.36. The molecule has 26 heavy (non-hydrogen) atoms. The largest absolute Gasteiger partial charge is 0.451 e. The van der Waals surface area contributed by atoms with Gasteiger partial charge in [0.2, 0.25) is 0 Å². The van der Waals surface area contributed by atoms with Crippen molar-refractivity contribution in [2.45, 2.75) is 13.8 Å². The van der Waals surface area contributed by atoms with Gasteiger partial charge in [-0.2, -0.15) is 0 Å². The SMILES string of the molecule is CCON(C(=O)OC)c1c(F)c(F)c(N(OCC)C(=O)OC)c(F)c1F. The monoisotopic (exact) mass is 384 g/mol. The number of methoxy groups -OCH3 is 2. The predicted molar refractivity (Wildman–Crippen MR) is 79.3 cm³/mol. The number of nitrogens with zero attached hydrogens (tertiary/aromatic N) is 2. The maximum absolute atomic E-state index is 14.4. The molecule has 0 saturated heterocycles. The quantitative estimate of drug-likeness (QED) is 0.426. The minimum atomic E-state index is -2.02. The molecule has 0 saturated carbocycles. The van der Waals surface area contributed by atoms with Gasteiger partial charge in [-0.05, 0) is 13.8 Å². The van der Waals surface area contributed by atoms with Crippen molar-refractivity contribution in [1.82, 2.24) is 0 Å². The molecule has 0 aliphatic rings. The highest BCUT2D eigenvalue weighted by atomic mass is 19.2. The molecule has 0 spiro atoms. The Morgan fingerprint density at radius 1 is 0.731 bits per heavy atom. The minimum Gasteiger partial charge on any atom is -0.451 e. The molecular weight excluding hydrogens is 368 g/mol. The fourth-order valence-corrected chi connectivity index (χ4v) is 1.81. The summed E-state index contributed by atoms with van der Waals surface area (Å²) in [4.78, 5) is 32.5. The molecule has 8 nitrogen and oxygen atoms in total. The number of ether oxygens (including phenoxy) is 2. The zero-order valence-corrected chi connectivity index (χ0v) is 14.3. The van der Waals surface area contributed by atoms with E-state index in [9.17, 15) is 27.2 Å². The van der Waals surface area contributed by atoms with Crippen molar-refractivity contribution in [3.05, 3.63) is 23.3 Å². The van der Waals surface area contributed by atoms with Gasteiger partial charge in [-0.25, -0.2) is 27.2 Å². The summed E-state index contributed by atoms with van der Waals surface area (Å²) in [7, 11) is 1.72. The van der Waals surface area contributed by atoms with Crippen LogP contribution in [0.4, 0.5) is 38.5 Å². The van der Waals surface area contributed by atoms with Crippen LogP contribution in [0.3, 0.4) is 0 Å². The average molecular weight is 384 g/mol. The second-order valence-electron chi connectivity index (χ2n) is 4.32. The number of rotatable bonds is 6. The second-order valence-corrected chi connectivity index (χ2v) is 4.32. The third-order valence-corrected chi connectivity index (χ3v) is 2.82. The van der Waals surface area contributed by atoms with Gasteiger partial charge >= 0.3 is 12.2 Å². The lowest BCUT2D eigenvalue weighted by Gasteiger charge is -2.24. The van der Waals surface area contributed by atoms with Gasteiger partial charge in [-0.15, -0.1) is 10.1 Å². The Hall–Kier alpha value is -2.60. The van der Waals surface area contributed by atoms with Crippen LogP contribution in [-0.2, 0) is 19.1 Å². The van der Waals surface area contributed by atoms with Crippen molar-refractivity contribution in [2.75, 3.05) is 37.6 Å². The number of carbonyl (C=O) groups is 2. The van der Waals surface area contributed by atoms with Gasteiger partial charge in [0, 0.05) is 0 Å². The normalized spacial score (nSPS) is 10.5. The van der Waals surface area contributed by atoms with Crippen molar-refractivity contribution in [3.63, 3.8) is 0 Å². The summed E-state index contributed by atoms with van der Waals surface area (Å²) >= 11 is 0. The Kier molecular flexibility index (Phi) is 7.58. The molecule has 146 valence electrons. The summed E-state index contributed by atoms with van der Waals surface area (Å²) in [6.07, 6.45) is -2.88. The van der Waals surface area contributed by atoms with Crippen LogP contribution in [0.2, 0.25) is 0 Å².